The molecule has 6 saturated heterocycles. The van der Waals surface area contributed by atoms with E-state index in [4.69, 9.17) is 52.1 Å². The Balaban J connectivity index is 0.821. The molecule has 10 fully saturated rings. The molecule has 0 spiro atoms. The molecule has 0 amide bonds. The van der Waals surface area contributed by atoms with Crippen LogP contribution in [0.1, 0.15) is 92.9 Å². The van der Waals surface area contributed by atoms with E-state index in [0.717, 1.165) is 5.57 Å². The van der Waals surface area contributed by atoms with Gasteiger partial charge >= 0.3 is 11.9 Å². The number of ether oxygens (including phenoxy) is 11. The first-order valence-corrected chi connectivity index (χ1v) is 30.5. The monoisotopic (exact) mass is 1250 g/mol. The summed E-state index contributed by atoms with van der Waals surface area (Å²) in [6, 6.07) is 0. The van der Waals surface area contributed by atoms with E-state index >= 15 is 4.79 Å². The lowest BCUT2D eigenvalue weighted by Gasteiger charge is -2.71. The van der Waals surface area contributed by atoms with Gasteiger partial charge in [0.25, 0.3) is 0 Å². The molecule has 34 atom stereocenters. The van der Waals surface area contributed by atoms with Crippen molar-refractivity contribution in [3.63, 3.8) is 0 Å². The second-order valence-corrected chi connectivity index (χ2v) is 28.2. The van der Waals surface area contributed by atoms with Gasteiger partial charge < -0.3 is 134 Å². The molecule has 6 heterocycles. The van der Waals surface area contributed by atoms with Gasteiger partial charge in [-0.2, -0.15) is 0 Å². The zero-order valence-electron chi connectivity index (χ0n) is 49.5. The molecular weight excluding hydrogens is 1160 g/mol. The predicted octanol–water partition coefficient (Wildman–Crippen LogP) is -5.45. The maximum Gasteiger partial charge on any atom is 0.317 e. The van der Waals surface area contributed by atoms with Crippen LogP contribution in [0.25, 0.3) is 0 Å². The number of carbonyl (C=O) groups is 2. The Morgan fingerprint density at radius 2 is 1.21 bits per heavy atom. The van der Waals surface area contributed by atoms with Crippen LogP contribution in [0.2, 0.25) is 0 Å². The highest BCUT2D eigenvalue weighted by Crippen LogP contribution is 2.77. The number of rotatable bonds is 13. The summed E-state index contributed by atoms with van der Waals surface area (Å²) in [4.78, 5) is 29.9. The van der Waals surface area contributed by atoms with Gasteiger partial charge in [0.05, 0.1) is 45.2 Å². The third-order valence-corrected chi connectivity index (χ3v) is 23.0. The molecule has 11 aliphatic rings. The summed E-state index contributed by atoms with van der Waals surface area (Å²) >= 11 is 0. The lowest BCUT2D eigenvalue weighted by molar-refractivity contribution is -0.369. The zero-order valence-corrected chi connectivity index (χ0v) is 49.5. The van der Waals surface area contributed by atoms with E-state index < -0.39 is 244 Å². The van der Waals surface area contributed by atoms with Gasteiger partial charge in [-0.25, -0.2) is 0 Å². The summed E-state index contributed by atoms with van der Waals surface area (Å²) in [7, 11) is 0. The number of fused-ring (bicyclic) bond motifs is 10. The Morgan fingerprint density at radius 3 is 1.89 bits per heavy atom. The van der Waals surface area contributed by atoms with Crippen molar-refractivity contribution < 1.29 is 143 Å². The Bertz CT molecular complexity index is 2530. The predicted molar refractivity (Wildman–Crippen MR) is 284 cm³/mol. The highest BCUT2D eigenvalue weighted by molar-refractivity contribution is 5.82. The highest BCUT2D eigenvalue weighted by atomic mass is 16.8. The molecule has 6 aliphatic heterocycles. The van der Waals surface area contributed by atoms with E-state index in [1.54, 1.807) is 0 Å². The summed E-state index contributed by atoms with van der Waals surface area (Å²) in [5.74, 6) is -3.05. The minimum atomic E-state index is -1.93. The summed E-state index contributed by atoms with van der Waals surface area (Å²) in [5, 5.41) is 175. The lowest BCUT2D eigenvalue weighted by Crippen LogP contribution is -2.70. The molecule has 5 aliphatic carbocycles. The molecule has 0 radical (unpaired) electrons. The van der Waals surface area contributed by atoms with Crippen LogP contribution in [-0.4, -0.2) is 286 Å². The highest BCUT2D eigenvalue weighted by Gasteiger charge is 2.77. The van der Waals surface area contributed by atoms with Crippen molar-refractivity contribution in [1.82, 2.24) is 0 Å². The Kier molecular flexibility index (Phi) is 18.2. The fraction of sp³-hybridized carbons (Fsp3) is 0.931. The molecule has 4 saturated carbocycles. The quantitative estimate of drug-likeness (QED) is 0.0465. The van der Waals surface area contributed by atoms with Crippen LogP contribution in [0, 0.1) is 50.2 Å². The van der Waals surface area contributed by atoms with Crippen LogP contribution in [0.5, 0.6) is 0 Å². The van der Waals surface area contributed by atoms with Gasteiger partial charge in [0.2, 0.25) is 6.29 Å². The topological polar surface area (TPSA) is 459 Å². The van der Waals surface area contributed by atoms with Crippen LogP contribution >= 0.6 is 0 Å². The number of hydrogen-bond acceptors (Lipinski definition) is 29. The summed E-state index contributed by atoms with van der Waals surface area (Å²) in [6.45, 7) is 8.92. The van der Waals surface area contributed by atoms with E-state index in [-0.39, 0.29) is 30.6 Å². The Morgan fingerprint density at radius 1 is 0.609 bits per heavy atom. The van der Waals surface area contributed by atoms with Gasteiger partial charge in [-0.1, -0.05) is 46.3 Å². The maximum atomic E-state index is 15.4. The molecule has 0 aromatic heterocycles. The van der Waals surface area contributed by atoms with Gasteiger partial charge in [-0.3, -0.25) is 9.59 Å². The lowest BCUT2D eigenvalue weighted by atomic mass is 9.33. The molecule has 29 nitrogen and oxygen atoms in total. The largest absolute Gasteiger partial charge is 0.459 e. The maximum absolute atomic E-state index is 15.4. The molecule has 3 unspecified atom stereocenters. The third-order valence-electron chi connectivity index (χ3n) is 23.0. The summed E-state index contributed by atoms with van der Waals surface area (Å²) in [6.07, 6.45) is -37.1. The van der Waals surface area contributed by atoms with Gasteiger partial charge in [0.1, 0.15) is 121 Å². The number of allylic oxidation sites excluding steroid dienone is 2. The fourth-order valence-corrected chi connectivity index (χ4v) is 17.8. The van der Waals surface area contributed by atoms with Crippen molar-refractivity contribution in [2.24, 2.45) is 50.2 Å². The van der Waals surface area contributed by atoms with Gasteiger partial charge in [-0.05, 0) is 97.7 Å². The third kappa shape index (κ3) is 10.4. The van der Waals surface area contributed by atoms with E-state index in [0.29, 0.717) is 32.1 Å². The molecule has 29 heteroatoms. The zero-order chi connectivity index (χ0) is 63.2. The second kappa shape index (κ2) is 23.9. The molecule has 2 bridgehead atoms. The average molecular weight is 1250 g/mol. The number of aliphatic hydroxyl groups excluding tert-OH is 16. The first kappa shape index (κ1) is 66.1. The van der Waals surface area contributed by atoms with Crippen LogP contribution in [-0.2, 0) is 61.7 Å². The van der Waals surface area contributed by atoms with Crippen LogP contribution < -0.4 is 0 Å². The molecule has 0 aromatic carbocycles. The first-order valence-electron chi connectivity index (χ1n) is 30.5. The Hall–Kier alpha value is -2.32. The molecule has 16 N–H and O–H groups in total. The van der Waals surface area contributed by atoms with Crippen molar-refractivity contribution in [2.75, 3.05) is 33.0 Å². The fourth-order valence-electron chi connectivity index (χ4n) is 17.8. The van der Waals surface area contributed by atoms with E-state index in [1.165, 1.54) is 6.92 Å². The van der Waals surface area contributed by atoms with Crippen molar-refractivity contribution in [1.29, 1.82) is 0 Å². The number of carbonyl (C=O) groups excluding carboxylic acids is 2. The van der Waals surface area contributed by atoms with E-state index in [2.05, 4.69) is 40.7 Å². The van der Waals surface area contributed by atoms with E-state index in [9.17, 15) is 86.5 Å². The van der Waals surface area contributed by atoms with Crippen molar-refractivity contribution in [3.8, 4) is 0 Å². The normalized spacial score (nSPS) is 55.5. The molecule has 11 rings (SSSR count). The van der Waals surface area contributed by atoms with Crippen molar-refractivity contribution in [2.45, 2.75) is 253 Å². The van der Waals surface area contributed by atoms with Gasteiger partial charge in [-0.15, -0.1) is 0 Å². The minimum Gasteiger partial charge on any atom is -0.459 e. The van der Waals surface area contributed by atoms with Crippen LogP contribution in [0.4, 0.5) is 0 Å². The molecular formula is C58H90O29. The molecule has 0 aromatic rings. The number of hydrogen-bond donors (Lipinski definition) is 16. The standard InChI is InChI=1S/C58H90O29/c1-21-43(84-47-39(71)32(64)24(61)17-77-47)38(70)42(74)48(80-21)85-44-33(65)25(62)18-78-50(44)87-51(75)57-12-11-53(2,3)13-23(57)22-7-8-29-54(4)14-26-45(58(20-60,52(76)83-26)30(54)9-10-55(29,5)56(22,6)15-31(57)63)86-49-41(73)37(69)35(67)28(82-49)19-79-46-40(72)36(68)34(66)27(16-59)81-46/h7,21,23-50,59-74H,8-20H2,1-6H3/t21-,23-,24+,25-,26-,27+,28+,29+,30+,31+,32-,33-,34?,35+,36?,37-,38-,39+,40?,41+,42+,43-,44+,45-,46+,47-,48-,49-,50-,54+,55+,56+,57+,58-/m0/s1. The number of esters is 2. The Labute approximate surface area is 501 Å². The van der Waals surface area contributed by atoms with Crippen molar-refractivity contribution in [3.05, 3.63) is 11.6 Å². The number of aliphatic hydroxyl groups is 16. The van der Waals surface area contributed by atoms with Gasteiger partial charge in [0.15, 0.2) is 31.3 Å². The smallest absolute Gasteiger partial charge is 0.317 e. The SMILES string of the molecule is C[C@@H]1O[C@@H](O[C@H]2[C@H](OC(=O)[C@]34CCC(C)(C)C[C@H]3C3=CC[C@@H]5[C@@]6(C)C[C@@H]7OC(=O)[C@@](CO)([C@@H]6CC[C@@]5(C)[C@]3(C)C[C@H]4O)[C@H]7O[C@@H]3O[C@H](CO[C@@H]4O[C@H](CO)C(O)C(O)C4O)[C@@H](O)[C@H](O)[C@H]3O)OC[C@H](O)[C@@H]2O)[C@H](O)[C@H](O)[C@H]1O[C@@H]1OC[C@@H](O)[C@H](O)[C@H]1O. The molecule has 87 heavy (non-hydrogen) atoms. The molecule has 496 valence electrons. The van der Waals surface area contributed by atoms with E-state index in [1.807, 2.05) is 0 Å². The summed E-state index contributed by atoms with van der Waals surface area (Å²) < 4.78 is 64.9. The summed E-state index contributed by atoms with van der Waals surface area (Å²) in [5.41, 5.74) is -4.94. The second-order valence-electron chi connectivity index (χ2n) is 28.2. The van der Waals surface area contributed by atoms with Gasteiger partial charge in [0, 0.05) is 0 Å². The van der Waals surface area contributed by atoms with Crippen molar-refractivity contribution >= 4 is 11.9 Å². The minimum absolute atomic E-state index is 0.0804. The average Bonchev–Trinajstić information content (AvgIpc) is 1.63. The first-order chi connectivity index (χ1) is 40.8. The van der Waals surface area contributed by atoms with Crippen LogP contribution in [0.15, 0.2) is 11.6 Å². The van der Waals surface area contributed by atoms with Crippen LogP contribution in [0.3, 0.4) is 0 Å².